The molecule has 1 aromatic heterocycles. The number of nitrogens with zero attached hydrogens (tertiary/aromatic N) is 3. The summed E-state index contributed by atoms with van der Waals surface area (Å²) in [7, 11) is 0. The van der Waals surface area contributed by atoms with Gasteiger partial charge in [0.25, 0.3) is 0 Å². The lowest BCUT2D eigenvalue weighted by atomic mass is 9.93. The molecule has 4 heteroatoms. The van der Waals surface area contributed by atoms with Gasteiger partial charge in [0, 0.05) is 6.04 Å². The van der Waals surface area contributed by atoms with Gasteiger partial charge in [-0.25, -0.2) is 0 Å². The number of rotatable bonds is 3. The Kier molecular flexibility index (Phi) is 2.90. The summed E-state index contributed by atoms with van der Waals surface area (Å²) in [5.41, 5.74) is 0.0963. The molecule has 1 saturated heterocycles. The highest BCUT2D eigenvalue weighted by Crippen LogP contribution is 2.37. The zero-order valence-corrected chi connectivity index (χ0v) is 10.7. The zero-order valence-electron chi connectivity index (χ0n) is 10.7. The van der Waals surface area contributed by atoms with Crippen molar-refractivity contribution >= 4 is 0 Å². The second-order valence-corrected chi connectivity index (χ2v) is 5.47. The van der Waals surface area contributed by atoms with Crippen molar-refractivity contribution in [3.63, 3.8) is 0 Å². The Balaban J connectivity index is 1.94. The minimum absolute atomic E-state index is 0.0963. The summed E-state index contributed by atoms with van der Waals surface area (Å²) in [4.78, 5) is 0. The van der Waals surface area contributed by atoms with Gasteiger partial charge in [0.15, 0.2) is 5.82 Å². The van der Waals surface area contributed by atoms with Crippen molar-refractivity contribution in [3.8, 4) is 0 Å². The molecular weight excluding hydrogens is 212 g/mol. The van der Waals surface area contributed by atoms with E-state index in [4.69, 9.17) is 0 Å². The molecule has 0 bridgehead atoms. The molecule has 0 amide bonds. The van der Waals surface area contributed by atoms with Crippen LogP contribution in [-0.4, -0.2) is 21.3 Å². The molecule has 1 N–H and O–H groups in total. The first-order valence-electron chi connectivity index (χ1n) is 7.01. The Morgan fingerprint density at radius 1 is 1.41 bits per heavy atom. The van der Waals surface area contributed by atoms with Gasteiger partial charge in [-0.15, -0.1) is 10.2 Å². The average molecular weight is 234 g/mol. The van der Waals surface area contributed by atoms with E-state index in [0.717, 1.165) is 13.0 Å². The van der Waals surface area contributed by atoms with Crippen LogP contribution in [0.1, 0.15) is 63.7 Å². The van der Waals surface area contributed by atoms with E-state index in [-0.39, 0.29) is 5.54 Å². The highest BCUT2D eigenvalue weighted by Gasteiger charge is 2.39. The summed E-state index contributed by atoms with van der Waals surface area (Å²) >= 11 is 0. The van der Waals surface area contributed by atoms with Crippen LogP contribution in [-0.2, 0) is 5.54 Å². The van der Waals surface area contributed by atoms with Crippen molar-refractivity contribution in [3.05, 3.63) is 12.2 Å². The van der Waals surface area contributed by atoms with Crippen LogP contribution in [0, 0.1) is 0 Å². The first-order valence-corrected chi connectivity index (χ1v) is 7.01. The fraction of sp³-hybridized carbons (Fsp3) is 0.846. The van der Waals surface area contributed by atoms with Gasteiger partial charge >= 0.3 is 0 Å². The van der Waals surface area contributed by atoms with E-state index < -0.39 is 0 Å². The highest BCUT2D eigenvalue weighted by atomic mass is 15.3. The van der Waals surface area contributed by atoms with E-state index >= 15 is 0 Å². The van der Waals surface area contributed by atoms with Crippen LogP contribution in [0.25, 0.3) is 0 Å². The number of hydrogen-bond donors (Lipinski definition) is 1. The summed E-state index contributed by atoms with van der Waals surface area (Å²) in [5, 5.41) is 12.3. The van der Waals surface area contributed by atoms with Crippen LogP contribution in [0.3, 0.4) is 0 Å². The van der Waals surface area contributed by atoms with E-state index in [2.05, 4.69) is 27.0 Å². The van der Waals surface area contributed by atoms with Gasteiger partial charge in [-0.05, 0) is 38.6 Å². The molecule has 0 spiro atoms. The highest BCUT2D eigenvalue weighted by molar-refractivity contribution is 5.10. The maximum absolute atomic E-state index is 4.44. The van der Waals surface area contributed by atoms with Crippen LogP contribution < -0.4 is 5.32 Å². The summed E-state index contributed by atoms with van der Waals surface area (Å²) < 4.78 is 2.36. The molecule has 94 valence electrons. The molecule has 2 fully saturated rings. The van der Waals surface area contributed by atoms with Crippen LogP contribution in [0.2, 0.25) is 0 Å². The minimum atomic E-state index is 0.0963. The van der Waals surface area contributed by atoms with Gasteiger partial charge in [-0.1, -0.05) is 19.8 Å². The molecule has 1 unspecified atom stereocenters. The maximum atomic E-state index is 4.44. The van der Waals surface area contributed by atoms with Crippen LogP contribution >= 0.6 is 0 Å². The molecule has 4 nitrogen and oxygen atoms in total. The van der Waals surface area contributed by atoms with Crippen LogP contribution in [0.4, 0.5) is 0 Å². The SMILES string of the molecule is CCC1(c2nncn2C2CCCC2)CCCN1. The first kappa shape index (κ1) is 11.2. The smallest absolute Gasteiger partial charge is 0.153 e. The molecule has 1 atom stereocenters. The Labute approximate surface area is 103 Å². The topological polar surface area (TPSA) is 42.7 Å². The lowest BCUT2D eigenvalue weighted by Crippen LogP contribution is -2.39. The predicted octanol–water partition coefficient (Wildman–Crippen LogP) is 2.38. The van der Waals surface area contributed by atoms with Crippen molar-refractivity contribution in [1.82, 2.24) is 20.1 Å². The third kappa shape index (κ3) is 1.79. The van der Waals surface area contributed by atoms with Crippen molar-refractivity contribution < 1.29 is 0 Å². The molecule has 3 rings (SSSR count). The summed E-state index contributed by atoms with van der Waals surface area (Å²) in [6.07, 6.45) is 10.8. The number of hydrogen-bond acceptors (Lipinski definition) is 3. The lowest BCUT2D eigenvalue weighted by molar-refractivity contribution is 0.322. The van der Waals surface area contributed by atoms with Gasteiger partial charge < -0.3 is 9.88 Å². The third-order valence-electron chi connectivity index (χ3n) is 4.57. The summed E-state index contributed by atoms with van der Waals surface area (Å²) in [6.45, 7) is 3.37. The van der Waals surface area contributed by atoms with E-state index in [1.165, 1.54) is 44.3 Å². The van der Waals surface area contributed by atoms with E-state index in [0.29, 0.717) is 6.04 Å². The van der Waals surface area contributed by atoms with E-state index in [1.54, 1.807) is 0 Å². The quantitative estimate of drug-likeness (QED) is 0.873. The standard InChI is InChI=1S/C13H22N4/c1-2-13(8-5-9-14-13)12-16-15-10-17(12)11-6-3-4-7-11/h10-11,14H,2-9H2,1H3. The molecule has 0 radical (unpaired) electrons. The van der Waals surface area contributed by atoms with Crippen LogP contribution in [0.15, 0.2) is 6.33 Å². The molecule has 1 saturated carbocycles. The Morgan fingerprint density at radius 2 is 2.24 bits per heavy atom. The molecule has 2 heterocycles. The molecule has 1 aliphatic heterocycles. The fourth-order valence-electron chi connectivity index (χ4n) is 3.49. The van der Waals surface area contributed by atoms with E-state index in [1.807, 2.05) is 6.33 Å². The van der Waals surface area contributed by atoms with Crippen LogP contribution in [0.5, 0.6) is 0 Å². The number of nitrogens with one attached hydrogen (secondary N) is 1. The van der Waals surface area contributed by atoms with Gasteiger partial charge in [0.05, 0.1) is 5.54 Å². The Morgan fingerprint density at radius 3 is 2.88 bits per heavy atom. The number of aromatic nitrogens is 3. The lowest BCUT2D eigenvalue weighted by Gasteiger charge is -2.29. The fourth-order valence-corrected chi connectivity index (χ4v) is 3.49. The van der Waals surface area contributed by atoms with Gasteiger partial charge in [-0.2, -0.15) is 0 Å². The predicted molar refractivity (Wildman–Crippen MR) is 66.7 cm³/mol. The second kappa shape index (κ2) is 4.41. The Hall–Kier alpha value is -0.900. The molecule has 0 aromatic carbocycles. The largest absolute Gasteiger partial charge is 0.313 e. The first-order chi connectivity index (χ1) is 8.36. The molecule has 1 aromatic rings. The normalized spacial score (nSPS) is 30.2. The molecule has 2 aliphatic rings. The summed E-state index contributed by atoms with van der Waals surface area (Å²) in [6, 6.07) is 0.644. The molecule has 17 heavy (non-hydrogen) atoms. The molecular formula is C13H22N4. The zero-order chi connectivity index (χ0) is 11.7. The Bertz CT molecular complexity index is 373. The van der Waals surface area contributed by atoms with E-state index in [9.17, 15) is 0 Å². The van der Waals surface area contributed by atoms with Crippen molar-refractivity contribution in [2.75, 3.05) is 6.54 Å². The third-order valence-corrected chi connectivity index (χ3v) is 4.57. The average Bonchev–Trinajstić information content (AvgIpc) is 3.10. The van der Waals surface area contributed by atoms with Gasteiger partial charge in [0.2, 0.25) is 0 Å². The van der Waals surface area contributed by atoms with Gasteiger partial charge in [0.1, 0.15) is 6.33 Å². The van der Waals surface area contributed by atoms with Gasteiger partial charge in [-0.3, -0.25) is 0 Å². The minimum Gasteiger partial charge on any atom is -0.313 e. The van der Waals surface area contributed by atoms with Crippen molar-refractivity contribution in [2.24, 2.45) is 0 Å². The monoisotopic (exact) mass is 234 g/mol. The maximum Gasteiger partial charge on any atom is 0.153 e. The second-order valence-electron chi connectivity index (χ2n) is 5.47. The summed E-state index contributed by atoms with van der Waals surface area (Å²) in [5.74, 6) is 1.18. The molecule has 1 aliphatic carbocycles. The van der Waals surface area contributed by atoms with Crippen molar-refractivity contribution in [2.45, 2.75) is 63.5 Å². The van der Waals surface area contributed by atoms with Crippen molar-refractivity contribution in [1.29, 1.82) is 0 Å².